The summed E-state index contributed by atoms with van der Waals surface area (Å²) in [6.07, 6.45) is -0.529. The summed E-state index contributed by atoms with van der Waals surface area (Å²) in [5, 5.41) is 2.08. The minimum atomic E-state index is -1.68. The Morgan fingerprint density at radius 1 is 1.00 bits per heavy atom. The highest BCUT2D eigenvalue weighted by atomic mass is 19.2. The molecule has 0 bridgehead atoms. The number of halogens is 3. The van der Waals surface area contributed by atoms with Crippen LogP contribution in [0.15, 0.2) is 42.5 Å². The standard InChI is InChI=1S/C18H17F3N2O2/c1-2-23(11-12-6-4-3-5-7-12)16(25)10-15(24)22-14-9-8-13(19)17(20)18(14)21/h3-9H,2,10-11H2,1H3,(H,22,24). The van der Waals surface area contributed by atoms with Gasteiger partial charge in [-0.2, -0.15) is 0 Å². The molecule has 0 aliphatic rings. The second-order valence-electron chi connectivity index (χ2n) is 5.34. The van der Waals surface area contributed by atoms with Crippen LogP contribution in [0.5, 0.6) is 0 Å². The largest absolute Gasteiger partial charge is 0.338 e. The normalized spacial score (nSPS) is 10.4. The van der Waals surface area contributed by atoms with Crippen LogP contribution in [0, 0.1) is 17.5 Å². The van der Waals surface area contributed by atoms with Gasteiger partial charge in [0.15, 0.2) is 17.5 Å². The molecule has 0 aromatic heterocycles. The summed E-state index contributed by atoms with van der Waals surface area (Å²) in [7, 11) is 0. The van der Waals surface area contributed by atoms with Gasteiger partial charge >= 0.3 is 0 Å². The van der Waals surface area contributed by atoms with Crippen molar-refractivity contribution in [1.29, 1.82) is 0 Å². The first-order valence-electron chi connectivity index (χ1n) is 7.67. The van der Waals surface area contributed by atoms with E-state index in [1.807, 2.05) is 30.3 Å². The summed E-state index contributed by atoms with van der Waals surface area (Å²) >= 11 is 0. The van der Waals surface area contributed by atoms with Crippen LogP contribution in [0.2, 0.25) is 0 Å². The molecule has 7 heteroatoms. The molecule has 0 fully saturated rings. The van der Waals surface area contributed by atoms with Gasteiger partial charge in [0.05, 0.1) is 5.69 Å². The fourth-order valence-corrected chi connectivity index (χ4v) is 2.25. The molecule has 0 saturated carbocycles. The van der Waals surface area contributed by atoms with Gasteiger partial charge in [0.25, 0.3) is 0 Å². The Balaban J connectivity index is 1.99. The zero-order chi connectivity index (χ0) is 18.4. The fourth-order valence-electron chi connectivity index (χ4n) is 2.25. The van der Waals surface area contributed by atoms with Gasteiger partial charge in [-0.25, -0.2) is 13.2 Å². The lowest BCUT2D eigenvalue weighted by Gasteiger charge is -2.21. The van der Waals surface area contributed by atoms with E-state index in [4.69, 9.17) is 0 Å². The van der Waals surface area contributed by atoms with Gasteiger partial charge in [-0.1, -0.05) is 30.3 Å². The van der Waals surface area contributed by atoms with E-state index in [2.05, 4.69) is 5.32 Å². The number of hydrogen-bond acceptors (Lipinski definition) is 2. The average Bonchev–Trinajstić information content (AvgIpc) is 2.61. The second kappa shape index (κ2) is 8.32. The number of carbonyl (C=O) groups excluding carboxylic acids is 2. The third-order valence-corrected chi connectivity index (χ3v) is 3.57. The highest BCUT2D eigenvalue weighted by Gasteiger charge is 2.19. The summed E-state index contributed by atoms with van der Waals surface area (Å²) in [5.41, 5.74) is 0.396. The topological polar surface area (TPSA) is 49.4 Å². The predicted octanol–water partition coefficient (Wildman–Crippen LogP) is 3.48. The van der Waals surface area contributed by atoms with Gasteiger partial charge in [-0.15, -0.1) is 0 Å². The highest BCUT2D eigenvalue weighted by molar-refractivity contribution is 6.03. The molecule has 25 heavy (non-hydrogen) atoms. The number of anilines is 1. The third kappa shape index (κ3) is 4.82. The molecule has 0 saturated heterocycles. The molecule has 1 N–H and O–H groups in total. The Kier molecular flexibility index (Phi) is 6.16. The van der Waals surface area contributed by atoms with Crippen LogP contribution in [0.25, 0.3) is 0 Å². The van der Waals surface area contributed by atoms with Crippen molar-refractivity contribution in [3.05, 3.63) is 65.5 Å². The minimum Gasteiger partial charge on any atom is -0.338 e. The van der Waals surface area contributed by atoms with E-state index in [-0.39, 0.29) is 0 Å². The maximum Gasteiger partial charge on any atom is 0.233 e. The molecule has 2 aromatic rings. The first-order valence-corrected chi connectivity index (χ1v) is 7.67. The molecule has 0 radical (unpaired) electrons. The Labute approximate surface area is 143 Å². The number of benzene rings is 2. The Hall–Kier alpha value is -2.83. The average molecular weight is 350 g/mol. The van der Waals surface area contributed by atoms with Crippen molar-refractivity contribution in [2.24, 2.45) is 0 Å². The molecule has 2 aromatic carbocycles. The van der Waals surface area contributed by atoms with Crippen LogP contribution in [0.3, 0.4) is 0 Å². The lowest BCUT2D eigenvalue weighted by atomic mass is 10.2. The Morgan fingerprint density at radius 2 is 1.68 bits per heavy atom. The van der Waals surface area contributed by atoms with E-state index in [0.717, 1.165) is 11.6 Å². The van der Waals surface area contributed by atoms with Crippen LogP contribution in [0.1, 0.15) is 18.9 Å². The van der Waals surface area contributed by atoms with Crippen LogP contribution in [0.4, 0.5) is 18.9 Å². The van der Waals surface area contributed by atoms with Crippen LogP contribution >= 0.6 is 0 Å². The van der Waals surface area contributed by atoms with E-state index in [1.54, 1.807) is 6.92 Å². The van der Waals surface area contributed by atoms with Crippen molar-refractivity contribution in [2.45, 2.75) is 19.9 Å². The number of rotatable bonds is 6. The zero-order valence-corrected chi connectivity index (χ0v) is 13.6. The first kappa shape index (κ1) is 18.5. The van der Waals surface area contributed by atoms with Crippen molar-refractivity contribution in [3.8, 4) is 0 Å². The monoisotopic (exact) mass is 350 g/mol. The number of amides is 2. The highest BCUT2D eigenvalue weighted by Crippen LogP contribution is 2.19. The number of carbonyl (C=O) groups is 2. The van der Waals surface area contributed by atoms with E-state index < -0.39 is 41.4 Å². The summed E-state index contributed by atoms with van der Waals surface area (Å²) in [5.74, 6) is -5.79. The molecule has 132 valence electrons. The van der Waals surface area contributed by atoms with Gasteiger partial charge in [0.1, 0.15) is 6.42 Å². The van der Waals surface area contributed by atoms with Crippen LogP contribution < -0.4 is 5.32 Å². The molecule has 0 spiro atoms. The SMILES string of the molecule is CCN(Cc1ccccc1)C(=O)CC(=O)Nc1ccc(F)c(F)c1F. The molecular weight excluding hydrogens is 333 g/mol. The maximum atomic E-state index is 13.5. The molecule has 0 atom stereocenters. The number of nitrogens with one attached hydrogen (secondary N) is 1. The summed E-state index contributed by atoms with van der Waals surface area (Å²) < 4.78 is 39.6. The third-order valence-electron chi connectivity index (χ3n) is 3.57. The van der Waals surface area contributed by atoms with Crippen molar-refractivity contribution >= 4 is 17.5 Å². The number of hydrogen-bond donors (Lipinski definition) is 1. The van der Waals surface area contributed by atoms with Crippen molar-refractivity contribution < 1.29 is 22.8 Å². The summed E-state index contributed by atoms with van der Waals surface area (Å²) in [4.78, 5) is 25.6. The van der Waals surface area contributed by atoms with Crippen LogP contribution in [-0.2, 0) is 16.1 Å². The molecule has 4 nitrogen and oxygen atoms in total. The molecular formula is C18H17F3N2O2. The fraction of sp³-hybridized carbons (Fsp3) is 0.222. The second-order valence-corrected chi connectivity index (χ2v) is 5.34. The van der Waals surface area contributed by atoms with Gasteiger partial charge in [0.2, 0.25) is 11.8 Å². The predicted molar refractivity (Wildman–Crippen MR) is 87.1 cm³/mol. The molecule has 2 amide bonds. The van der Waals surface area contributed by atoms with Gasteiger partial charge in [-0.3, -0.25) is 9.59 Å². The van der Waals surface area contributed by atoms with E-state index in [0.29, 0.717) is 19.2 Å². The van der Waals surface area contributed by atoms with E-state index in [1.165, 1.54) is 4.90 Å². The number of nitrogens with zero attached hydrogens (tertiary/aromatic N) is 1. The summed E-state index contributed by atoms with van der Waals surface area (Å²) in [6, 6.07) is 10.8. The molecule has 0 aliphatic heterocycles. The van der Waals surface area contributed by atoms with Gasteiger partial charge in [0, 0.05) is 13.1 Å². The Bertz CT molecular complexity index is 766. The van der Waals surface area contributed by atoms with Crippen molar-refractivity contribution in [1.82, 2.24) is 4.90 Å². The van der Waals surface area contributed by atoms with Crippen molar-refractivity contribution in [3.63, 3.8) is 0 Å². The maximum absolute atomic E-state index is 13.5. The van der Waals surface area contributed by atoms with Crippen LogP contribution in [-0.4, -0.2) is 23.3 Å². The zero-order valence-electron chi connectivity index (χ0n) is 13.6. The lowest BCUT2D eigenvalue weighted by molar-refractivity contribution is -0.134. The molecule has 0 heterocycles. The van der Waals surface area contributed by atoms with Gasteiger partial charge in [-0.05, 0) is 24.6 Å². The smallest absolute Gasteiger partial charge is 0.233 e. The molecule has 2 rings (SSSR count). The minimum absolute atomic E-state index is 0.336. The summed E-state index contributed by atoms with van der Waals surface area (Å²) in [6.45, 7) is 2.50. The van der Waals surface area contributed by atoms with E-state index in [9.17, 15) is 22.8 Å². The quantitative estimate of drug-likeness (QED) is 0.641. The molecule has 0 aliphatic carbocycles. The van der Waals surface area contributed by atoms with E-state index >= 15 is 0 Å². The van der Waals surface area contributed by atoms with Crippen molar-refractivity contribution in [2.75, 3.05) is 11.9 Å². The Morgan fingerprint density at radius 3 is 2.32 bits per heavy atom. The lowest BCUT2D eigenvalue weighted by Crippen LogP contribution is -2.33. The molecule has 0 unspecified atom stereocenters. The first-order chi connectivity index (χ1) is 11.9. The van der Waals surface area contributed by atoms with Gasteiger partial charge < -0.3 is 10.2 Å².